The van der Waals surface area contributed by atoms with Crippen LogP contribution in [0.1, 0.15) is 29.7 Å². The zero-order valence-corrected chi connectivity index (χ0v) is 15.6. The number of hydrogen-bond donors (Lipinski definition) is 2. The van der Waals surface area contributed by atoms with Crippen molar-refractivity contribution in [1.82, 2.24) is 29.5 Å². The van der Waals surface area contributed by atoms with Gasteiger partial charge in [0.05, 0.1) is 41.9 Å². The minimum absolute atomic E-state index is 0.0478. The largest absolute Gasteiger partial charge is 0.386 e. The van der Waals surface area contributed by atoms with Gasteiger partial charge in [0.2, 0.25) is 5.91 Å². The number of nitrogens with one attached hydrogen (secondary N) is 1. The van der Waals surface area contributed by atoms with E-state index in [9.17, 15) is 9.90 Å². The molecular weight excluding hydrogens is 344 g/mol. The third-order valence-corrected chi connectivity index (χ3v) is 4.92. The molecule has 3 aromatic rings. The van der Waals surface area contributed by atoms with Crippen LogP contribution in [0, 0.1) is 0 Å². The van der Waals surface area contributed by atoms with Gasteiger partial charge in [-0.3, -0.25) is 14.4 Å². The maximum atomic E-state index is 11.8. The van der Waals surface area contributed by atoms with Crippen LogP contribution in [0.3, 0.4) is 0 Å². The van der Waals surface area contributed by atoms with Gasteiger partial charge < -0.3 is 15.0 Å². The molecule has 1 atom stereocenters. The number of carbonyl (C=O) groups is 1. The van der Waals surface area contributed by atoms with E-state index in [1.54, 1.807) is 14.1 Å². The van der Waals surface area contributed by atoms with Crippen LogP contribution in [0.5, 0.6) is 0 Å². The molecule has 2 aromatic heterocycles. The monoisotopic (exact) mass is 368 g/mol. The van der Waals surface area contributed by atoms with E-state index in [-0.39, 0.29) is 12.3 Å². The van der Waals surface area contributed by atoms with E-state index in [2.05, 4.69) is 20.0 Å². The van der Waals surface area contributed by atoms with E-state index < -0.39 is 6.10 Å². The Morgan fingerprint density at radius 2 is 2.15 bits per heavy atom. The van der Waals surface area contributed by atoms with E-state index in [0.717, 1.165) is 48.7 Å². The molecule has 1 amide bonds. The summed E-state index contributed by atoms with van der Waals surface area (Å²) in [4.78, 5) is 23.6. The summed E-state index contributed by atoms with van der Waals surface area (Å²) in [6.07, 6.45) is -0.826. The standard InChI is InChI=1S/C19H24N6O2/c1-23(2)19(27)10-17(26)16-9-13-11-24(7-8-25(13)22-16)12-18-20-14-5-3-4-6-15(14)21-18/h3-6,9,17,26H,7-8,10-12H2,1-2H3,(H,20,21). The zero-order chi connectivity index (χ0) is 19.0. The average Bonchev–Trinajstić information content (AvgIpc) is 3.24. The number of amides is 1. The average molecular weight is 368 g/mol. The highest BCUT2D eigenvalue weighted by atomic mass is 16.3. The molecule has 142 valence electrons. The maximum Gasteiger partial charge on any atom is 0.225 e. The third-order valence-electron chi connectivity index (χ3n) is 4.92. The number of nitrogens with zero attached hydrogens (tertiary/aromatic N) is 5. The number of benzene rings is 1. The lowest BCUT2D eigenvalue weighted by molar-refractivity contribution is -0.130. The summed E-state index contributed by atoms with van der Waals surface area (Å²) in [5.74, 6) is 0.834. The van der Waals surface area contributed by atoms with Crippen LogP contribution in [0.4, 0.5) is 0 Å². The normalized spacial score (nSPS) is 15.7. The van der Waals surface area contributed by atoms with Gasteiger partial charge in [-0.15, -0.1) is 0 Å². The summed E-state index contributed by atoms with van der Waals surface area (Å²) in [5, 5.41) is 14.8. The Hall–Kier alpha value is -2.71. The number of hydrogen-bond acceptors (Lipinski definition) is 5. The molecule has 3 heterocycles. The number of fused-ring (bicyclic) bond motifs is 2. The van der Waals surface area contributed by atoms with Crippen LogP contribution >= 0.6 is 0 Å². The number of carbonyl (C=O) groups excluding carboxylic acids is 1. The summed E-state index contributed by atoms with van der Waals surface area (Å²) in [5.41, 5.74) is 3.63. The van der Waals surface area contributed by atoms with Crippen LogP contribution in [0.2, 0.25) is 0 Å². The Kier molecular flexibility index (Phi) is 4.67. The van der Waals surface area contributed by atoms with Crippen LogP contribution in [-0.2, 0) is 24.4 Å². The maximum absolute atomic E-state index is 11.8. The summed E-state index contributed by atoms with van der Waals surface area (Å²) in [6, 6.07) is 9.92. The van der Waals surface area contributed by atoms with E-state index >= 15 is 0 Å². The van der Waals surface area contributed by atoms with Crippen LogP contribution in [0.15, 0.2) is 30.3 Å². The first-order valence-corrected chi connectivity index (χ1v) is 9.10. The van der Waals surface area contributed by atoms with Crippen molar-refractivity contribution >= 4 is 16.9 Å². The molecule has 0 saturated carbocycles. The Balaban J connectivity index is 1.43. The predicted molar refractivity (Wildman–Crippen MR) is 101 cm³/mol. The van der Waals surface area contributed by atoms with Crippen molar-refractivity contribution < 1.29 is 9.90 Å². The number of aliphatic hydroxyl groups excluding tert-OH is 1. The molecule has 0 aliphatic carbocycles. The molecule has 8 nitrogen and oxygen atoms in total. The number of para-hydroxylation sites is 2. The van der Waals surface area contributed by atoms with Gasteiger partial charge in [0.1, 0.15) is 11.9 Å². The minimum Gasteiger partial charge on any atom is -0.386 e. The van der Waals surface area contributed by atoms with E-state index in [1.165, 1.54) is 4.90 Å². The molecule has 0 radical (unpaired) electrons. The number of aromatic amines is 1. The molecular formula is C19H24N6O2. The zero-order valence-electron chi connectivity index (χ0n) is 15.6. The molecule has 1 aliphatic rings. The number of aliphatic hydroxyl groups is 1. The van der Waals surface area contributed by atoms with Gasteiger partial charge in [-0.1, -0.05) is 12.1 Å². The van der Waals surface area contributed by atoms with Gasteiger partial charge >= 0.3 is 0 Å². The lowest BCUT2D eigenvalue weighted by atomic mass is 10.1. The Morgan fingerprint density at radius 1 is 1.33 bits per heavy atom. The SMILES string of the molecule is CN(C)C(=O)CC(O)c1cc2n(n1)CCN(Cc1nc3ccccc3[nH]1)C2. The molecule has 4 rings (SSSR count). The van der Waals surface area contributed by atoms with Crippen molar-refractivity contribution in [3.05, 3.63) is 47.5 Å². The van der Waals surface area contributed by atoms with Crippen molar-refractivity contribution in [2.24, 2.45) is 0 Å². The van der Waals surface area contributed by atoms with E-state index in [4.69, 9.17) is 0 Å². The fraction of sp³-hybridized carbons (Fsp3) is 0.421. The smallest absolute Gasteiger partial charge is 0.225 e. The second-order valence-corrected chi connectivity index (χ2v) is 7.20. The third kappa shape index (κ3) is 3.72. The minimum atomic E-state index is -0.873. The van der Waals surface area contributed by atoms with Crippen molar-refractivity contribution in [1.29, 1.82) is 0 Å². The van der Waals surface area contributed by atoms with Crippen LogP contribution < -0.4 is 0 Å². The molecule has 27 heavy (non-hydrogen) atoms. The highest BCUT2D eigenvalue weighted by molar-refractivity contribution is 5.76. The molecule has 0 saturated heterocycles. The van der Waals surface area contributed by atoms with E-state index in [0.29, 0.717) is 5.69 Å². The predicted octanol–water partition coefficient (Wildman–Crippen LogP) is 1.29. The van der Waals surface area contributed by atoms with E-state index in [1.807, 2.05) is 35.0 Å². The lowest BCUT2D eigenvalue weighted by Crippen LogP contribution is -2.33. The number of rotatable bonds is 5. The molecule has 1 aliphatic heterocycles. The first kappa shape index (κ1) is 17.7. The van der Waals surface area contributed by atoms with Gasteiger partial charge in [0.25, 0.3) is 0 Å². The first-order valence-electron chi connectivity index (χ1n) is 9.10. The van der Waals surface area contributed by atoms with Gasteiger partial charge in [0.15, 0.2) is 0 Å². The fourth-order valence-electron chi connectivity index (χ4n) is 3.39. The molecule has 0 bridgehead atoms. The van der Waals surface area contributed by atoms with Crippen LogP contribution in [0.25, 0.3) is 11.0 Å². The highest BCUT2D eigenvalue weighted by Crippen LogP contribution is 2.22. The summed E-state index contributed by atoms with van der Waals surface area (Å²) >= 11 is 0. The Labute approximate surface area is 157 Å². The van der Waals surface area contributed by atoms with Crippen molar-refractivity contribution in [3.8, 4) is 0 Å². The van der Waals surface area contributed by atoms with Gasteiger partial charge in [0, 0.05) is 27.2 Å². The topological polar surface area (TPSA) is 90.3 Å². The Morgan fingerprint density at radius 3 is 2.93 bits per heavy atom. The fourth-order valence-corrected chi connectivity index (χ4v) is 3.39. The number of aromatic nitrogens is 4. The van der Waals surface area contributed by atoms with Gasteiger partial charge in [-0.2, -0.15) is 5.10 Å². The van der Waals surface area contributed by atoms with Gasteiger partial charge in [-0.05, 0) is 18.2 Å². The van der Waals surface area contributed by atoms with Crippen molar-refractivity contribution in [2.45, 2.75) is 32.2 Å². The molecule has 8 heteroatoms. The summed E-state index contributed by atoms with van der Waals surface area (Å²) < 4.78 is 1.92. The van der Waals surface area contributed by atoms with Crippen molar-refractivity contribution in [2.75, 3.05) is 20.6 Å². The molecule has 1 unspecified atom stereocenters. The first-order chi connectivity index (χ1) is 13.0. The highest BCUT2D eigenvalue weighted by Gasteiger charge is 2.23. The lowest BCUT2D eigenvalue weighted by Gasteiger charge is -2.26. The van der Waals surface area contributed by atoms with Crippen LogP contribution in [-0.4, -0.2) is 61.2 Å². The molecule has 0 spiro atoms. The summed E-state index contributed by atoms with van der Waals surface area (Å²) in [7, 11) is 3.37. The second-order valence-electron chi connectivity index (χ2n) is 7.20. The molecule has 0 fully saturated rings. The number of imidazole rings is 1. The molecule has 1 aromatic carbocycles. The second kappa shape index (κ2) is 7.13. The molecule has 2 N–H and O–H groups in total. The van der Waals surface area contributed by atoms with Crippen molar-refractivity contribution in [3.63, 3.8) is 0 Å². The quantitative estimate of drug-likeness (QED) is 0.708. The summed E-state index contributed by atoms with van der Waals surface area (Å²) in [6.45, 7) is 3.08. The number of H-pyrrole nitrogens is 1. The van der Waals surface area contributed by atoms with Gasteiger partial charge in [-0.25, -0.2) is 4.98 Å². The Bertz CT molecular complexity index is 927.